The maximum atomic E-state index is 14.1. The highest BCUT2D eigenvalue weighted by atomic mass is 19.4. The molecule has 1 saturated heterocycles. The number of carbonyl (C=O) groups is 2. The molecule has 14 heteroatoms. The normalized spacial score (nSPS) is 25.7. The Balaban J connectivity index is 1.08. The number of carbonyl (C=O) groups excluding carboxylic acids is 2. The molecule has 0 unspecified atom stereocenters. The van der Waals surface area contributed by atoms with E-state index in [0.29, 0.717) is 24.3 Å². The Morgan fingerprint density at radius 1 is 1.11 bits per heavy atom. The molecule has 3 aromatic rings. The van der Waals surface area contributed by atoms with Crippen LogP contribution in [0.5, 0.6) is 0 Å². The highest BCUT2D eigenvalue weighted by molar-refractivity contribution is 6.48. The van der Waals surface area contributed by atoms with Gasteiger partial charge < -0.3 is 19.9 Å². The summed E-state index contributed by atoms with van der Waals surface area (Å²) in [5.74, 6) is -2.20. The number of alkyl halides is 3. The molecular weight excluding hydrogens is 593 g/mol. The second-order valence-electron chi connectivity index (χ2n) is 12.9. The number of nitrogens with zero attached hydrogens (tertiary/aromatic N) is 3. The Kier molecular flexibility index (Phi) is 8.01. The maximum Gasteiger partial charge on any atom is 0.482 e. The van der Waals surface area contributed by atoms with Crippen molar-refractivity contribution in [1.29, 1.82) is 0 Å². The van der Waals surface area contributed by atoms with Crippen LogP contribution in [0, 0.1) is 23.1 Å². The van der Waals surface area contributed by atoms with Crippen molar-refractivity contribution in [2.45, 2.75) is 70.4 Å². The summed E-state index contributed by atoms with van der Waals surface area (Å²) in [6.45, 7) is 6.73. The van der Waals surface area contributed by atoms with Gasteiger partial charge in [0.15, 0.2) is 5.69 Å². The summed E-state index contributed by atoms with van der Waals surface area (Å²) in [5.41, 5.74) is -0.931. The van der Waals surface area contributed by atoms with Crippen LogP contribution in [0.1, 0.15) is 65.6 Å². The SMILES string of the molecule is CC1(C)[C@@H]2C[C@H]3OB([C@H](Cc4ccccc4)NC(=O)c4cn(CCNC(=O)c5ccc(C(F)(F)F)cc5F)nn4)O[C@@]3(C)[C@H]1C2. The first kappa shape index (κ1) is 31.2. The minimum Gasteiger partial charge on any atom is -0.404 e. The molecule has 2 bridgehead atoms. The van der Waals surface area contributed by atoms with Crippen LogP contribution in [-0.4, -0.2) is 58.1 Å². The van der Waals surface area contributed by atoms with Gasteiger partial charge in [0.05, 0.1) is 41.5 Å². The number of rotatable bonds is 9. The molecule has 2 heterocycles. The molecule has 238 valence electrons. The van der Waals surface area contributed by atoms with E-state index in [4.69, 9.17) is 9.31 Å². The lowest BCUT2D eigenvalue weighted by molar-refractivity contribution is -0.199. The molecule has 7 rings (SSSR count). The van der Waals surface area contributed by atoms with E-state index in [1.165, 1.54) is 10.9 Å². The predicted molar refractivity (Wildman–Crippen MR) is 155 cm³/mol. The summed E-state index contributed by atoms with van der Waals surface area (Å²) in [4.78, 5) is 25.7. The third-order valence-electron chi connectivity index (χ3n) is 9.85. The van der Waals surface area contributed by atoms with Gasteiger partial charge in [-0.15, -0.1) is 5.10 Å². The number of amides is 2. The summed E-state index contributed by atoms with van der Waals surface area (Å²) < 4.78 is 67.0. The van der Waals surface area contributed by atoms with E-state index < -0.39 is 53.6 Å². The zero-order chi connectivity index (χ0) is 32.1. The molecule has 0 radical (unpaired) electrons. The van der Waals surface area contributed by atoms with Crippen molar-refractivity contribution < 1.29 is 36.5 Å². The van der Waals surface area contributed by atoms with Crippen LogP contribution in [0.15, 0.2) is 54.7 Å². The molecule has 2 aromatic carbocycles. The molecule has 2 amide bonds. The summed E-state index contributed by atoms with van der Waals surface area (Å²) in [5, 5.41) is 13.4. The van der Waals surface area contributed by atoms with Crippen LogP contribution >= 0.6 is 0 Å². The van der Waals surface area contributed by atoms with Crippen molar-refractivity contribution >= 4 is 18.9 Å². The molecule has 4 fully saturated rings. The van der Waals surface area contributed by atoms with Crippen LogP contribution in [0.3, 0.4) is 0 Å². The standard InChI is InChI=1S/C31H34BF4N5O4/c1-29(2)20-15-24(29)30(3)25(16-20)44-32(45-30)26(13-18-7-5-4-6-8-18)38-28(43)23-17-41(40-39-23)12-11-37-27(42)21-10-9-19(14-22(21)33)31(34,35)36/h4-10,14,17,20,24-26H,11-13,15-16H2,1-3H3,(H,37,42)(H,38,43)/t20-,24-,25+,26-,30-/m0/s1. The Morgan fingerprint density at radius 2 is 1.87 bits per heavy atom. The fourth-order valence-electron chi connectivity index (χ4n) is 7.16. The minimum absolute atomic E-state index is 0.0391. The lowest BCUT2D eigenvalue weighted by Gasteiger charge is -2.64. The predicted octanol–water partition coefficient (Wildman–Crippen LogP) is 4.47. The Hall–Kier alpha value is -3.78. The van der Waals surface area contributed by atoms with Gasteiger partial charge in [-0.1, -0.05) is 49.4 Å². The zero-order valence-electron chi connectivity index (χ0n) is 25.1. The summed E-state index contributed by atoms with van der Waals surface area (Å²) in [6.07, 6.45) is -0.874. The van der Waals surface area contributed by atoms with Gasteiger partial charge in [0, 0.05) is 6.54 Å². The van der Waals surface area contributed by atoms with Crippen LogP contribution in [0.2, 0.25) is 0 Å². The van der Waals surface area contributed by atoms with Crippen LogP contribution in [0.25, 0.3) is 0 Å². The van der Waals surface area contributed by atoms with Crippen molar-refractivity contribution in [1.82, 2.24) is 25.6 Å². The van der Waals surface area contributed by atoms with Gasteiger partial charge in [-0.2, -0.15) is 13.2 Å². The van der Waals surface area contributed by atoms with Crippen LogP contribution < -0.4 is 10.6 Å². The Morgan fingerprint density at radius 3 is 2.56 bits per heavy atom. The second-order valence-corrected chi connectivity index (χ2v) is 12.9. The number of hydrogen-bond acceptors (Lipinski definition) is 6. The molecular formula is C31H34BF4N5O4. The quantitative estimate of drug-likeness (QED) is 0.268. The van der Waals surface area contributed by atoms with E-state index in [1.54, 1.807) is 0 Å². The average Bonchev–Trinajstić information content (AvgIpc) is 3.61. The monoisotopic (exact) mass is 627 g/mol. The van der Waals surface area contributed by atoms with Gasteiger partial charge in [-0.05, 0) is 67.2 Å². The maximum absolute atomic E-state index is 14.1. The molecule has 0 spiro atoms. The minimum atomic E-state index is -4.72. The molecule has 1 aliphatic heterocycles. The molecule has 3 aliphatic carbocycles. The molecule has 45 heavy (non-hydrogen) atoms. The smallest absolute Gasteiger partial charge is 0.404 e. The first-order valence-electron chi connectivity index (χ1n) is 15.0. The number of halogens is 4. The molecule has 4 aliphatic rings. The summed E-state index contributed by atoms with van der Waals surface area (Å²) in [6, 6.07) is 11.4. The van der Waals surface area contributed by atoms with Gasteiger partial charge in [0.25, 0.3) is 11.8 Å². The van der Waals surface area contributed by atoms with Crippen LogP contribution in [0.4, 0.5) is 17.6 Å². The molecule has 9 nitrogen and oxygen atoms in total. The summed E-state index contributed by atoms with van der Waals surface area (Å²) >= 11 is 0. The molecule has 3 saturated carbocycles. The van der Waals surface area contributed by atoms with Crippen molar-refractivity contribution in [3.05, 3.63) is 82.9 Å². The highest BCUT2D eigenvalue weighted by Crippen LogP contribution is 2.65. The lowest BCUT2D eigenvalue weighted by Crippen LogP contribution is -2.65. The third kappa shape index (κ3) is 5.97. The third-order valence-corrected chi connectivity index (χ3v) is 9.85. The van der Waals surface area contributed by atoms with E-state index in [1.807, 2.05) is 30.3 Å². The largest absolute Gasteiger partial charge is 0.482 e. The zero-order valence-corrected chi connectivity index (χ0v) is 25.1. The van der Waals surface area contributed by atoms with E-state index in [2.05, 4.69) is 41.7 Å². The first-order chi connectivity index (χ1) is 21.3. The van der Waals surface area contributed by atoms with Crippen molar-refractivity contribution in [2.75, 3.05) is 6.54 Å². The van der Waals surface area contributed by atoms with Crippen molar-refractivity contribution in [3.8, 4) is 0 Å². The number of nitrogens with one attached hydrogen (secondary N) is 2. The molecule has 2 N–H and O–H groups in total. The molecule has 1 aromatic heterocycles. The second kappa shape index (κ2) is 11.5. The van der Waals surface area contributed by atoms with Gasteiger partial charge in [-0.25, -0.2) is 9.07 Å². The topological polar surface area (TPSA) is 107 Å². The number of aromatic nitrogens is 3. The molecule has 5 atom stereocenters. The van der Waals surface area contributed by atoms with E-state index in [-0.39, 0.29) is 36.4 Å². The van der Waals surface area contributed by atoms with Crippen LogP contribution in [-0.2, 0) is 28.5 Å². The first-order valence-corrected chi connectivity index (χ1v) is 15.0. The fraction of sp³-hybridized carbons (Fsp3) is 0.484. The Labute approximate surface area is 258 Å². The number of benzene rings is 2. The van der Waals surface area contributed by atoms with Gasteiger partial charge >= 0.3 is 13.3 Å². The fourth-order valence-corrected chi connectivity index (χ4v) is 7.16. The van der Waals surface area contributed by atoms with Crippen molar-refractivity contribution in [3.63, 3.8) is 0 Å². The number of hydrogen-bond donors (Lipinski definition) is 2. The summed E-state index contributed by atoms with van der Waals surface area (Å²) in [7, 11) is -0.657. The van der Waals surface area contributed by atoms with E-state index >= 15 is 0 Å². The Bertz CT molecular complexity index is 1590. The lowest BCUT2D eigenvalue weighted by atomic mass is 9.43. The van der Waals surface area contributed by atoms with E-state index in [0.717, 1.165) is 24.5 Å². The van der Waals surface area contributed by atoms with Gasteiger partial charge in [-0.3, -0.25) is 9.59 Å². The highest BCUT2D eigenvalue weighted by Gasteiger charge is 2.68. The van der Waals surface area contributed by atoms with Gasteiger partial charge in [0.2, 0.25) is 0 Å². The van der Waals surface area contributed by atoms with E-state index in [9.17, 15) is 27.2 Å². The average molecular weight is 627 g/mol. The van der Waals surface area contributed by atoms with Gasteiger partial charge in [0.1, 0.15) is 5.82 Å². The van der Waals surface area contributed by atoms with Crippen molar-refractivity contribution in [2.24, 2.45) is 17.3 Å².